The quantitative estimate of drug-likeness (QED) is 0.880. The average molecular weight is 277 g/mol. The van der Waals surface area contributed by atoms with Gasteiger partial charge in [0.2, 0.25) is 0 Å². The normalized spacial score (nSPS) is 10.5. The fourth-order valence-corrected chi connectivity index (χ4v) is 2.77. The topological polar surface area (TPSA) is 37.4 Å². The van der Waals surface area contributed by atoms with Crippen LogP contribution in [-0.2, 0) is 13.1 Å². The third-order valence-corrected chi connectivity index (χ3v) is 3.93. The molecule has 1 aromatic heterocycles. The Morgan fingerprint density at radius 3 is 2.89 bits per heavy atom. The average Bonchev–Trinajstić information content (AvgIpc) is 2.88. The lowest BCUT2D eigenvalue weighted by Crippen LogP contribution is -2.16. The third kappa shape index (κ3) is 3.45. The Hall–Kier alpha value is -1.59. The molecule has 0 aliphatic carbocycles. The van der Waals surface area contributed by atoms with E-state index in [1.54, 1.807) is 18.4 Å². The van der Waals surface area contributed by atoms with E-state index >= 15 is 0 Å². The van der Waals surface area contributed by atoms with E-state index in [1.165, 1.54) is 4.88 Å². The first-order valence-electron chi connectivity index (χ1n) is 6.17. The Labute approximate surface area is 118 Å². The number of hydrogen-bond acceptors (Lipinski definition) is 5. The third-order valence-electron chi connectivity index (χ3n) is 2.82. The van der Waals surface area contributed by atoms with Crippen LogP contribution in [0.15, 0.2) is 30.5 Å². The van der Waals surface area contributed by atoms with Crippen molar-refractivity contribution in [3.05, 3.63) is 40.9 Å². The number of benzene rings is 1. The van der Waals surface area contributed by atoms with E-state index in [0.717, 1.165) is 29.5 Å². The van der Waals surface area contributed by atoms with Gasteiger partial charge in [0, 0.05) is 36.8 Å². The van der Waals surface area contributed by atoms with Gasteiger partial charge < -0.3 is 15.0 Å². The molecule has 1 N–H and O–H groups in total. The van der Waals surface area contributed by atoms with E-state index in [2.05, 4.69) is 28.3 Å². The summed E-state index contributed by atoms with van der Waals surface area (Å²) in [6.45, 7) is 1.65. The summed E-state index contributed by atoms with van der Waals surface area (Å²) in [7, 11) is 5.69. The second kappa shape index (κ2) is 6.54. The van der Waals surface area contributed by atoms with E-state index in [0.29, 0.717) is 0 Å². The first-order valence-corrected chi connectivity index (χ1v) is 6.98. The summed E-state index contributed by atoms with van der Waals surface area (Å²) < 4.78 is 5.37. The largest absolute Gasteiger partial charge is 0.496 e. The van der Waals surface area contributed by atoms with Crippen LogP contribution in [0.3, 0.4) is 0 Å². The van der Waals surface area contributed by atoms with Crippen molar-refractivity contribution in [2.75, 3.05) is 26.1 Å². The molecule has 4 nitrogen and oxygen atoms in total. The summed E-state index contributed by atoms with van der Waals surface area (Å²) in [4.78, 5) is 7.83. The molecule has 2 rings (SSSR count). The Morgan fingerprint density at radius 2 is 2.16 bits per heavy atom. The van der Waals surface area contributed by atoms with Gasteiger partial charge in [0.25, 0.3) is 0 Å². The lowest BCUT2D eigenvalue weighted by atomic mass is 10.2. The second-order valence-corrected chi connectivity index (χ2v) is 5.40. The molecule has 19 heavy (non-hydrogen) atoms. The minimum Gasteiger partial charge on any atom is -0.496 e. The van der Waals surface area contributed by atoms with Crippen molar-refractivity contribution in [3.63, 3.8) is 0 Å². The van der Waals surface area contributed by atoms with E-state index in [4.69, 9.17) is 4.74 Å². The van der Waals surface area contributed by atoms with Gasteiger partial charge in [0.1, 0.15) is 5.75 Å². The highest BCUT2D eigenvalue weighted by Crippen LogP contribution is 2.25. The van der Waals surface area contributed by atoms with Crippen LogP contribution >= 0.6 is 11.3 Å². The number of nitrogens with zero attached hydrogens (tertiary/aromatic N) is 2. The molecule has 0 aliphatic rings. The fraction of sp³-hybridized carbons (Fsp3) is 0.357. The van der Waals surface area contributed by atoms with Gasteiger partial charge in [-0.3, -0.25) is 0 Å². The molecule has 0 aliphatic heterocycles. The zero-order chi connectivity index (χ0) is 13.7. The molecule has 0 spiro atoms. The maximum atomic E-state index is 5.37. The van der Waals surface area contributed by atoms with Crippen molar-refractivity contribution in [2.45, 2.75) is 13.1 Å². The van der Waals surface area contributed by atoms with Crippen molar-refractivity contribution in [1.82, 2.24) is 10.3 Å². The van der Waals surface area contributed by atoms with E-state index < -0.39 is 0 Å². The summed E-state index contributed by atoms with van der Waals surface area (Å²) in [5.74, 6) is 0.918. The van der Waals surface area contributed by atoms with E-state index in [-0.39, 0.29) is 0 Å². The molecule has 0 amide bonds. The van der Waals surface area contributed by atoms with Crippen molar-refractivity contribution in [2.24, 2.45) is 0 Å². The number of nitrogens with one attached hydrogen (secondary N) is 1. The van der Waals surface area contributed by atoms with Gasteiger partial charge in [0.15, 0.2) is 5.13 Å². The van der Waals surface area contributed by atoms with Gasteiger partial charge in [-0.25, -0.2) is 4.98 Å². The summed E-state index contributed by atoms with van der Waals surface area (Å²) >= 11 is 1.71. The van der Waals surface area contributed by atoms with E-state index in [9.17, 15) is 0 Å². The van der Waals surface area contributed by atoms with Gasteiger partial charge in [-0.15, -0.1) is 11.3 Å². The highest BCUT2D eigenvalue weighted by Gasteiger charge is 2.10. The van der Waals surface area contributed by atoms with Crippen LogP contribution in [0, 0.1) is 0 Å². The van der Waals surface area contributed by atoms with Gasteiger partial charge in [-0.2, -0.15) is 0 Å². The van der Waals surface area contributed by atoms with Crippen molar-refractivity contribution < 1.29 is 4.74 Å². The molecule has 0 saturated heterocycles. The first-order chi connectivity index (χ1) is 9.24. The zero-order valence-corrected chi connectivity index (χ0v) is 12.3. The predicted octanol–water partition coefficient (Wildman–Crippen LogP) is 2.51. The summed E-state index contributed by atoms with van der Waals surface area (Å²) in [6, 6.07) is 8.08. The molecule has 0 atom stereocenters. The zero-order valence-electron chi connectivity index (χ0n) is 11.5. The van der Waals surface area contributed by atoms with Crippen LogP contribution in [0.5, 0.6) is 5.75 Å². The Morgan fingerprint density at radius 1 is 1.37 bits per heavy atom. The van der Waals surface area contributed by atoms with Gasteiger partial charge >= 0.3 is 0 Å². The highest BCUT2D eigenvalue weighted by atomic mass is 32.1. The highest BCUT2D eigenvalue weighted by molar-refractivity contribution is 7.15. The maximum absolute atomic E-state index is 5.37. The van der Waals surface area contributed by atoms with Crippen LogP contribution in [0.1, 0.15) is 10.4 Å². The SMILES string of the molecule is CNCc1cnc(N(C)Cc2ccccc2OC)s1. The number of hydrogen-bond donors (Lipinski definition) is 1. The lowest BCUT2D eigenvalue weighted by molar-refractivity contribution is 0.409. The molecule has 0 fully saturated rings. The molecule has 1 heterocycles. The standard InChI is InChI=1S/C14H19N3OS/c1-15-8-12-9-16-14(19-12)17(2)10-11-6-4-5-7-13(11)18-3/h4-7,9,15H,8,10H2,1-3H3. The molecule has 2 aromatic rings. The van der Waals surface area contributed by atoms with Crippen LogP contribution in [0.25, 0.3) is 0 Å². The Balaban J connectivity index is 2.09. The minimum absolute atomic E-state index is 0.788. The predicted molar refractivity (Wildman–Crippen MR) is 80.0 cm³/mol. The molecule has 0 bridgehead atoms. The minimum atomic E-state index is 0.788. The molecule has 1 aromatic carbocycles. The van der Waals surface area contributed by atoms with Crippen LogP contribution in [0.2, 0.25) is 0 Å². The van der Waals surface area contributed by atoms with Crippen LogP contribution in [0.4, 0.5) is 5.13 Å². The van der Waals surface area contributed by atoms with Gasteiger partial charge in [-0.1, -0.05) is 18.2 Å². The molecule has 5 heteroatoms. The fourth-order valence-electron chi connectivity index (χ4n) is 1.89. The van der Waals surface area contributed by atoms with Gasteiger partial charge in [-0.05, 0) is 13.1 Å². The summed E-state index contributed by atoms with van der Waals surface area (Å²) in [5.41, 5.74) is 1.16. The molecular weight excluding hydrogens is 258 g/mol. The smallest absolute Gasteiger partial charge is 0.185 e. The number of ether oxygens (including phenoxy) is 1. The molecule has 0 radical (unpaired) electrons. The number of rotatable bonds is 6. The van der Waals surface area contributed by atoms with Crippen molar-refractivity contribution >= 4 is 16.5 Å². The first kappa shape index (κ1) is 13.8. The summed E-state index contributed by atoms with van der Waals surface area (Å²) in [6.07, 6.45) is 1.93. The van der Waals surface area contributed by atoms with Crippen molar-refractivity contribution in [3.8, 4) is 5.75 Å². The van der Waals surface area contributed by atoms with Crippen LogP contribution < -0.4 is 15.0 Å². The van der Waals surface area contributed by atoms with Gasteiger partial charge in [0.05, 0.1) is 7.11 Å². The number of para-hydroxylation sites is 1. The number of anilines is 1. The number of methoxy groups -OCH3 is 1. The number of thiazole rings is 1. The molecule has 0 unspecified atom stereocenters. The Kier molecular flexibility index (Phi) is 4.76. The monoisotopic (exact) mass is 277 g/mol. The van der Waals surface area contributed by atoms with Crippen molar-refractivity contribution in [1.29, 1.82) is 0 Å². The molecule has 102 valence electrons. The summed E-state index contributed by atoms with van der Waals surface area (Å²) in [5, 5.41) is 4.16. The van der Waals surface area contributed by atoms with E-state index in [1.807, 2.05) is 31.4 Å². The van der Waals surface area contributed by atoms with Crippen LogP contribution in [-0.4, -0.2) is 26.2 Å². The number of aromatic nitrogens is 1. The molecule has 0 saturated carbocycles. The maximum Gasteiger partial charge on any atom is 0.185 e. The Bertz CT molecular complexity index is 527. The second-order valence-electron chi connectivity index (χ2n) is 4.31. The lowest BCUT2D eigenvalue weighted by Gasteiger charge is -2.17. The molecular formula is C14H19N3OS.